The van der Waals surface area contributed by atoms with Crippen molar-refractivity contribution >= 4 is 34.7 Å². The number of nitrogens with zero attached hydrogens (tertiary/aromatic N) is 5. The summed E-state index contributed by atoms with van der Waals surface area (Å²) in [5.41, 5.74) is 3.35. The third-order valence-corrected chi connectivity index (χ3v) is 6.23. The minimum absolute atomic E-state index is 0.0214. The highest BCUT2D eigenvalue weighted by atomic mass is 32.2. The number of benzene rings is 3. The van der Waals surface area contributed by atoms with Crippen molar-refractivity contribution in [1.82, 2.24) is 14.8 Å². The fourth-order valence-electron chi connectivity index (χ4n) is 3.38. The summed E-state index contributed by atoms with van der Waals surface area (Å²) in [4.78, 5) is 33.8. The van der Waals surface area contributed by atoms with Crippen molar-refractivity contribution in [3.05, 3.63) is 98.1 Å². The van der Waals surface area contributed by atoms with E-state index in [9.17, 15) is 25.0 Å². The molecule has 182 valence electrons. The predicted octanol–water partition coefficient (Wildman–Crippen LogP) is 5.10. The van der Waals surface area contributed by atoms with E-state index in [1.807, 2.05) is 31.2 Å². The predicted molar refractivity (Wildman–Crippen MR) is 135 cm³/mol. The molecule has 4 rings (SSSR count). The number of amides is 1. The van der Waals surface area contributed by atoms with Crippen molar-refractivity contribution < 1.29 is 14.6 Å². The van der Waals surface area contributed by atoms with Crippen LogP contribution in [-0.2, 0) is 4.79 Å². The molecule has 0 aliphatic rings. The molecule has 1 aromatic heterocycles. The first-order valence-electron chi connectivity index (χ1n) is 10.7. The molecule has 0 aliphatic carbocycles. The molecule has 4 aromatic rings. The van der Waals surface area contributed by atoms with E-state index in [2.05, 4.69) is 15.5 Å². The standard InChI is InChI=1S/C24H20N6O5S/c1-15-3-8-18(9-4-15)28-23(17-6-11-19(12-7-17)29(32)33)26-27-24(28)36-14-22(31)25-21-13-20(30(34)35)10-5-16(21)2/h3-13H,14H2,1-2H3,(H,25,31). The van der Waals surface area contributed by atoms with E-state index in [0.717, 1.165) is 23.0 Å². The van der Waals surface area contributed by atoms with Gasteiger partial charge in [0.25, 0.3) is 11.4 Å². The Morgan fingerprint density at radius 3 is 2.19 bits per heavy atom. The van der Waals surface area contributed by atoms with Crippen LogP contribution in [0.2, 0.25) is 0 Å². The monoisotopic (exact) mass is 504 g/mol. The number of non-ortho nitro benzene ring substituents is 2. The molecule has 0 fully saturated rings. The van der Waals surface area contributed by atoms with Gasteiger partial charge in [-0.15, -0.1) is 10.2 Å². The molecular weight excluding hydrogens is 484 g/mol. The summed E-state index contributed by atoms with van der Waals surface area (Å²) >= 11 is 1.15. The molecule has 0 spiro atoms. The maximum atomic E-state index is 12.7. The zero-order chi connectivity index (χ0) is 25.8. The molecule has 0 aliphatic heterocycles. The van der Waals surface area contributed by atoms with Gasteiger partial charge in [0.2, 0.25) is 5.91 Å². The van der Waals surface area contributed by atoms with Gasteiger partial charge < -0.3 is 5.32 Å². The Morgan fingerprint density at radius 2 is 1.56 bits per heavy atom. The van der Waals surface area contributed by atoms with Crippen LogP contribution in [-0.4, -0.2) is 36.3 Å². The van der Waals surface area contributed by atoms with Crippen LogP contribution >= 0.6 is 11.8 Å². The zero-order valence-corrected chi connectivity index (χ0v) is 20.1. The Labute approximate surface area is 209 Å². The lowest BCUT2D eigenvalue weighted by Gasteiger charge is -2.11. The third kappa shape index (κ3) is 5.39. The molecular formula is C24H20N6O5S. The van der Waals surface area contributed by atoms with Crippen molar-refractivity contribution in [3.63, 3.8) is 0 Å². The molecule has 36 heavy (non-hydrogen) atoms. The summed E-state index contributed by atoms with van der Waals surface area (Å²) in [7, 11) is 0. The van der Waals surface area contributed by atoms with Crippen molar-refractivity contribution in [1.29, 1.82) is 0 Å². The van der Waals surface area contributed by atoms with Gasteiger partial charge in [-0.2, -0.15) is 0 Å². The van der Waals surface area contributed by atoms with E-state index in [0.29, 0.717) is 27.8 Å². The topological polar surface area (TPSA) is 146 Å². The molecule has 1 amide bonds. The summed E-state index contributed by atoms with van der Waals surface area (Å²) < 4.78 is 1.77. The van der Waals surface area contributed by atoms with Crippen LogP contribution < -0.4 is 5.32 Å². The van der Waals surface area contributed by atoms with Gasteiger partial charge in [-0.05, 0) is 43.7 Å². The van der Waals surface area contributed by atoms with E-state index >= 15 is 0 Å². The van der Waals surface area contributed by atoms with Crippen LogP contribution in [0.3, 0.4) is 0 Å². The van der Waals surface area contributed by atoms with Crippen molar-refractivity contribution in [2.45, 2.75) is 19.0 Å². The minimum atomic E-state index is -0.520. The fourth-order valence-corrected chi connectivity index (χ4v) is 4.14. The second kappa shape index (κ2) is 10.4. The first-order chi connectivity index (χ1) is 17.2. The largest absolute Gasteiger partial charge is 0.325 e. The number of anilines is 1. The van der Waals surface area contributed by atoms with Gasteiger partial charge in [0.1, 0.15) is 0 Å². The maximum absolute atomic E-state index is 12.7. The second-order valence-corrected chi connectivity index (χ2v) is 8.82. The number of hydrogen-bond acceptors (Lipinski definition) is 8. The van der Waals surface area contributed by atoms with E-state index in [1.165, 1.54) is 24.3 Å². The molecule has 0 saturated heterocycles. The number of nitro benzene ring substituents is 2. The molecule has 1 N–H and O–H groups in total. The number of hydrogen-bond donors (Lipinski definition) is 1. The molecule has 1 heterocycles. The summed E-state index contributed by atoms with van der Waals surface area (Å²) in [6.07, 6.45) is 0. The van der Waals surface area contributed by atoms with Crippen LogP contribution in [0.1, 0.15) is 11.1 Å². The van der Waals surface area contributed by atoms with E-state index in [4.69, 9.17) is 0 Å². The number of aromatic nitrogens is 3. The molecule has 0 unspecified atom stereocenters. The number of rotatable bonds is 8. The van der Waals surface area contributed by atoms with E-state index in [-0.39, 0.29) is 23.0 Å². The van der Waals surface area contributed by atoms with Gasteiger partial charge in [0.15, 0.2) is 11.0 Å². The summed E-state index contributed by atoms with van der Waals surface area (Å²) in [5, 5.41) is 33.8. The first kappa shape index (κ1) is 24.5. The SMILES string of the molecule is Cc1ccc(-n2c(SCC(=O)Nc3cc([N+](=O)[O-])ccc3C)nnc2-c2ccc([N+](=O)[O-])cc2)cc1. The Balaban J connectivity index is 1.60. The number of nitro groups is 2. The lowest BCUT2D eigenvalue weighted by molar-refractivity contribution is -0.385. The van der Waals surface area contributed by atoms with E-state index in [1.54, 1.807) is 29.7 Å². The van der Waals surface area contributed by atoms with Gasteiger partial charge in [0, 0.05) is 35.5 Å². The third-order valence-electron chi connectivity index (χ3n) is 5.30. The lowest BCUT2D eigenvalue weighted by Crippen LogP contribution is -2.15. The lowest BCUT2D eigenvalue weighted by atomic mass is 10.2. The summed E-state index contributed by atoms with van der Waals surface area (Å²) in [5.74, 6) is 0.0805. The average Bonchev–Trinajstić information content (AvgIpc) is 3.28. The maximum Gasteiger partial charge on any atom is 0.271 e. The summed E-state index contributed by atoms with van der Waals surface area (Å²) in [6.45, 7) is 3.71. The van der Waals surface area contributed by atoms with Gasteiger partial charge in [-0.25, -0.2) is 0 Å². The Bertz CT molecular complexity index is 1450. The second-order valence-electron chi connectivity index (χ2n) is 7.87. The molecule has 12 heteroatoms. The highest BCUT2D eigenvalue weighted by Gasteiger charge is 2.19. The van der Waals surface area contributed by atoms with Crippen molar-refractivity contribution in [2.24, 2.45) is 0 Å². The molecule has 0 bridgehead atoms. The average molecular weight is 505 g/mol. The molecule has 11 nitrogen and oxygen atoms in total. The highest BCUT2D eigenvalue weighted by molar-refractivity contribution is 7.99. The minimum Gasteiger partial charge on any atom is -0.325 e. The van der Waals surface area contributed by atoms with Crippen molar-refractivity contribution in [2.75, 3.05) is 11.1 Å². The van der Waals surface area contributed by atoms with Crippen LogP contribution in [0, 0.1) is 34.1 Å². The van der Waals surface area contributed by atoms with Gasteiger partial charge in [0.05, 0.1) is 21.3 Å². The zero-order valence-electron chi connectivity index (χ0n) is 19.2. The van der Waals surface area contributed by atoms with Crippen LogP contribution in [0.25, 0.3) is 17.1 Å². The van der Waals surface area contributed by atoms with Gasteiger partial charge in [-0.1, -0.05) is 35.5 Å². The number of carbonyl (C=O) groups excluding carboxylic acids is 1. The molecule has 0 saturated carbocycles. The normalized spacial score (nSPS) is 10.7. The van der Waals surface area contributed by atoms with Gasteiger partial charge in [-0.3, -0.25) is 29.6 Å². The first-order valence-corrected chi connectivity index (χ1v) is 11.7. The molecule has 0 atom stereocenters. The number of nitrogens with one attached hydrogen (secondary N) is 1. The van der Waals surface area contributed by atoms with E-state index < -0.39 is 9.85 Å². The van der Waals surface area contributed by atoms with Crippen LogP contribution in [0.4, 0.5) is 17.1 Å². The fraction of sp³-hybridized carbons (Fsp3) is 0.125. The Morgan fingerprint density at radius 1 is 0.917 bits per heavy atom. The number of carbonyl (C=O) groups is 1. The van der Waals surface area contributed by atoms with Crippen LogP contribution in [0.15, 0.2) is 71.9 Å². The van der Waals surface area contributed by atoms with Gasteiger partial charge >= 0.3 is 0 Å². The quantitative estimate of drug-likeness (QED) is 0.198. The smallest absolute Gasteiger partial charge is 0.271 e. The summed E-state index contributed by atoms with van der Waals surface area (Å²) in [6, 6.07) is 17.9. The Hall–Kier alpha value is -4.58. The molecule has 3 aromatic carbocycles. The van der Waals surface area contributed by atoms with Crippen molar-refractivity contribution in [3.8, 4) is 17.1 Å². The number of thioether (sulfide) groups is 1. The highest BCUT2D eigenvalue weighted by Crippen LogP contribution is 2.29. The number of aryl methyl sites for hydroxylation is 2. The van der Waals surface area contributed by atoms with Crippen LogP contribution in [0.5, 0.6) is 0 Å². The molecule has 0 radical (unpaired) electrons. The Kier molecular flexibility index (Phi) is 7.06.